The number of carbonyl (C=O) groups excluding carboxylic acids is 1. The van der Waals surface area contributed by atoms with Crippen molar-refractivity contribution in [2.45, 2.75) is 12.5 Å². The molecule has 21 heavy (non-hydrogen) atoms. The van der Waals surface area contributed by atoms with Crippen LogP contribution in [0.2, 0.25) is 0 Å². The van der Waals surface area contributed by atoms with E-state index in [1.165, 1.54) is 12.1 Å². The van der Waals surface area contributed by atoms with Crippen LogP contribution in [0.5, 0.6) is 0 Å². The molecular weight excluding hydrogens is 352 g/mol. The van der Waals surface area contributed by atoms with Gasteiger partial charge in [0, 0.05) is 11.6 Å². The lowest BCUT2D eigenvalue weighted by atomic mass is 10.1. The number of nitrogens with zero attached hydrogens (tertiary/aromatic N) is 1. The Morgan fingerprint density at radius 1 is 1.33 bits per heavy atom. The van der Waals surface area contributed by atoms with Crippen molar-refractivity contribution in [2.24, 2.45) is 0 Å². The number of carbonyl (C=O) groups is 3. The minimum atomic E-state index is -1.63. The highest BCUT2D eigenvalue weighted by molar-refractivity contribution is 9.10. The van der Waals surface area contributed by atoms with Crippen LogP contribution in [0.25, 0.3) is 0 Å². The minimum Gasteiger partial charge on any atom is -0.481 e. The second kappa shape index (κ2) is 6.79. The molecule has 0 aliphatic rings. The normalized spacial score (nSPS) is 11.5. The van der Waals surface area contributed by atoms with Crippen LogP contribution >= 0.6 is 15.9 Å². The van der Waals surface area contributed by atoms with Gasteiger partial charge in [-0.25, -0.2) is 4.79 Å². The topological polar surface area (TPSA) is 147 Å². The molecule has 0 heterocycles. The summed E-state index contributed by atoms with van der Waals surface area (Å²) in [6.45, 7) is 0. The molecule has 0 saturated carbocycles. The quantitative estimate of drug-likeness (QED) is 0.506. The lowest BCUT2D eigenvalue weighted by Crippen LogP contribution is -2.42. The predicted octanol–water partition coefficient (Wildman–Crippen LogP) is 1.01. The largest absolute Gasteiger partial charge is 0.481 e. The number of halogens is 1. The molecule has 1 aromatic rings. The van der Waals surface area contributed by atoms with Crippen molar-refractivity contribution in [3.05, 3.63) is 38.3 Å². The molecule has 0 radical (unpaired) electrons. The number of aliphatic carboxylic acids is 2. The van der Waals surface area contributed by atoms with Crippen LogP contribution in [-0.4, -0.2) is 39.0 Å². The number of benzene rings is 1. The summed E-state index contributed by atoms with van der Waals surface area (Å²) in [5, 5.41) is 30.1. The van der Waals surface area contributed by atoms with Crippen LogP contribution in [0.15, 0.2) is 22.7 Å². The monoisotopic (exact) mass is 360 g/mol. The van der Waals surface area contributed by atoms with Crippen molar-refractivity contribution in [2.75, 3.05) is 0 Å². The molecule has 3 N–H and O–H groups in total. The van der Waals surface area contributed by atoms with Crippen molar-refractivity contribution in [1.82, 2.24) is 5.32 Å². The van der Waals surface area contributed by atoms with Crippen LogP contribution in [0, 0.1) is 10.1 Å². The zero-order valence-corrected chi connectivity index (χ0v) is 11.9. The first-order valence-electron chi connectivity index (χ1n) is 5.41. The van der Waals surface area contributed by atoms with E-state index in [2.05, 4.69) is 15.9 Å². The fourth-order valence-corrected chi connectivity index (χ4v) is 1.80. The third kappa shape index (κ3) is 4.53. The fraction of sp³-hybridized carbons (Fsp3) is 0.182. The highest BCUT2D eigenvalue weighted by Gasteiger charge is 2.24. The van der Waals surface area contributed by atoms with E-state index in [0.717, 1.165) is 6.07 Å². The summed E-state index contributed by atoms with van der Waals surface area (Å²) in [5.41, 5.74) is -0.519. The van der Waals surface area contributed by atoms with Gasteiger partial charge in [0.05, 0.1) is 15.8 Å². The average Bonchev–Trinajstić information content (AvgIpc) is 2.37. The number of nitro benzene ring substituents is 1. The highest BCUT2D eigenvalue weighted by Crippen LogP contribution is 2.25. The maximum atomic E-state index is 11.8. The van der Waals surface area contributed by atoms with E-state index >= 15 is 0 Å². The van der Waals surface area contributed by atoms with Gasteiger partial charge < -0.3 is 15.5 Å². The Morgan fingerprint density at radius 3 is 2.43 bits per heavy atom. The number of hydrogen-bond acceptors (Lipinski definition) is 5. The standard InChI is InChI=1S/C11H9BrN2O7/c12-6-2-1-5(3-8(6)14(20)21)10(17)13-7(11(18)19)4-9(15)16/h1-3,7H,4H2,(H,13,17)(H,15,16)(H,18,19)/t7-/m1/s1. The number of hydrogen-bond donors (Lipinski definition) is 3. The highest BCUT2D eigenvalue weighted by atomic mass is 79.9. The minimum absolute atomic E-state index is 0.151. The van der Waals surface area contributed by atoms with E-state index < -0.39 is 35.2 Å². The van der Waals surface area contributed by atoms with Crippen LogP contribution in [0.3, 0.4) is 0 Å². The molecule has 0 aliphatic heterocycles. The van der Waals surface area contributed by atoms with Gasteiger partial charge in [0.15, 0.2) is 0 Å². The number of carboxylic acids is 2. The molecular formula is C11H9BrN2O7. The number of rotatable bonds is 6. The molecule has 1 aromatic carbocycles. The Labute approximate surface area is 125 Å². The van der Waals surface area contributed by atoms with Crippen LogP contribution < -0.4 is 5.32 Å². The molecule has 0 fully saturated rings. The summed E-state index contributed by atoms with van der Waals surface area (Å²) in [6.07, 6.45) is -0.806. The zero-order valence-electron chi connectivity index (χ0n) is 10.3. The van der Waals surface area contributed by atoms with Gasteiger partial charge in [0.1, 0.15) is 6.04 Å². The smallest absolute Gasteiger partial charge is 0.326 e. The summed E-state index contributed by atoms with van der Waals surface area (Å²) in [6, 6.07) is 1.84. The number of nitrogens with one attached hydrogen (secondary N) is 1. The Balaban J connectivity index is 2.97. The van der Waals surface area contributed by atoms with Gasteiger partial charge in [-0.05, 0) is 28.1 Å². The molecule has 1 rings (SSSR count). The van der Waals surface area contributed by atoms with E-state index in [4.69, 9.17) is 10.2 Å². The summed E-state index contributed by atoms with van der Waals surface area (Å²) in [7, 11) is 0. The number of amides is 1. The molecule has 0 aliphatic carbocycles. The first kappa shape index (κ1) is 16.6. The van der Waals surface area contributed by atoms with Gasteiger partial charge in [-0.1, -0.05) is 0 Å². The van der Waals surface area contributed by atoms with E-state index in [9.17, 15) is 24.5 Å². The molecule has 9 nitrogen and oxygen atoms in total. The first-order valence-corrected chi connectivity index (χ1v) is 6.21. The van der Waals surface area contributed by atoms with Gasteiger partial charge in [0.25, 0.3) is 11.6 Å². The lowest BCUT2D eigenvalue weighted by Gasteiger charge is -2.12. The predicted molar refractivity (Wildman–Crippen MR) is 71.9 cm³/mol. The van der Waals surface area contributed by atoms with E-state index in [0.29, 0.717) is 0 Å². The molecule has 0 saturated heterocycles. The zero-order chi connectivity index (χ0) is 16.2. The van der Waals surface area contributed by atoms with E-state index in [-0.39, 0.29) is 15.7 Å². The maximum Gasteiger partial charge on any atom is 0.326 e. The van der Waals surface area contributed by atoms with Crippen molar-refractivity contribution in [3.63, 3.8) is 0 Å². The summed E-state index contributed by atoms with van der Waals surface area (Å²) >= 11 is 2.94. The molecule has 1 amide bonds. The number of nitro groups is 1. The second-order valence-corrected chi connectivity index (χ2v) is 4.74. The second-order valence-electron chi connectivity index (χ2n) is 3.89. The van der Waals surface area contributed by atoms with Gasteiger partial charge in [-0.3, -0.25) is 19.7 Å². The Hall–Kier alpha value is -2.49. The van der Waals surface area contributed by atoms with Crippen molar-refractivity contribution in [1.29, 1.82) is 0 Å². The SMILES string of the molecule is O=C(O)C[C@@H](NC(=O)c1ccc(Br)c([N+](=O)[O-])c1)C(=O)O. The van der Waals surface area contributed by atoms with E-state index in [1.807, 2.05) is 5.32 Å². The van der Waals surface area contributed by atoms with Gasteiger partial charge in [-0.15, -0.1) is 0 Å². The molecule has 0 bridgehead atoms. The van der Waals surface area contributed by atoms with Gasteiger partial charge >= 0.3 is 11.9 Å². The molecule has 0 unspecified atom stereocenters. The van der Waals surface area contributed by atoms with Crippen molar-refractivity contribution >= 4 is 39.5 Å². The summed E-state index contributed by atoms with van der Waals surface area (Å²) < 4.78 is 0.157. The summed E-state index contributed by atoms with van der Waals surface area (Å²) in [5.74, 6) is -3.83. The molecule has 0 spiro atoms. The third-order valence-corrected chi connectivity index (χ3v) is 3.06. The number of carboxylic acid groups (broad SMARTS) is 2. The van der Waals surface area contributed by atoms with Crippen LogP contribution in [0.1, 0.15) is 16.8 Å². The molecule has 10 heteroatoms. The van der Waals surface area contributed by atoms with Crippen LogP contribution in [0.4, 0.5) is 5.69 Å². The lowest BCUT2D eigenvalue weighted by molar-refractivity contribution is -0.385. The molecule has 112 valence electrons. The van der Waals surface area contributed by atoms with Crippen LogP contribution in [-0.2, 0) is 9.59 Å². The first-order chi connectivity index (χ1) is 9.72. The Bertz CT molecular complexity index is 617. The Kier molecular flexibility index (Phi) is 5.36. The van der Waals surface area contributed by atoms with Crippen molar-refractivity contribution < 1.29 is 29.5 Å². The third-order valence-electron chi connectivity index (χ3n) is 2.39. The summed E-state index contributed by atoms with van der Waals surface area (Å²) in [4.78, 5) is 43.2. The van der Waals surface area contributed by atoms with E-state index in [1.54, 1.807) is 0 Å². The molecule has 1 atom stereocenters. The average molecular weight is 361 g/mol. The molecule has 0 aromatic heterocycles. The fourth-order valence-electron chi connectivity index (χ4n) is 1.41. The Morgan fingerprint density at radius 2 is 1.95 bits per heavy atom. The maximum absolute atomic E-state index is 11.8. The van der Waals surface area contributed by atoms with Crippen molar-refractivity contribution in [3.8, 4) is 0 Å². The van der Waals surface area contributed by atoms with Gasteiger partial charge in [0.2, 0.25) is 0 Å². The van der Waals surface area contributed by atoms with Gasteiger partial charge in [-0.2, -0.15) is 0 Å².